The molecule has 1 aliphatic rings. The number of hydrogen-bond acceptors (Lipinski definition) is 6. The molecular formula is C17H21N5O3S. The first-order valence-corrected chi connectivity index (χ1v) is 9.21. The van der Waals surface area contributed by atoms with Gasteiger partial charge in [0, 0.05) is 24.4 Å². The molecule has 0 bridgehead atoms. The van der Waals surface area contributed by atoms with Gasteiger partial charge in [-0.3, -0.25) is 4.79 Å². The average molecular weight is 375 g/mol. The summed E-state index contributed by atoms with van der Waals surface area (Å²) in [5.41, 5.74) is 1.96. The Balaban J connectivity index is 1.45. The molecule has 0 aliphatic carbocycles. The number of hydrogen-bond donors (Lipinski definition) is 3. The molecule has 1 aromatic heterocycles. The standard InChI is InChI=1S/C17H21N5O3S/c1-11-15(26-22-21-11)10-19-17(24)20-13-6-4-12(5-7-13)16(23)18-9-14-3-2-8-25-14/h4-7,14H,2-3,8-10H2,1H3,(H,18,23)(H2,19,20,24). The van der Waals surface area contributed by atoms with Crippen LogP contribution in [0.2, 0.25) is 0 Å². The lowest BCUT2D eigenvalue weighted by Crippen LogP contribution is -2.31. The van der Waals surface area contributed by atoms with Gasteiger partial charge >= 0.3 is 6.03 Å². The molecule has 138 valence electrons. The van der Waals surface area contributed by atoms with E-state index in [2.05, 4.69) is 25.5 Å². The molecule has 1 aliphatic heterocycles. The zero-order valence-electron chi connectivity index (χ0n) is 14.4. The predicted molar refractivity (Wildman–Crippen MR) is 98.3 cm³/mol. The number of aryl methyl sites for hydroxylation is 1. The van der Waals surface area contributed by atoms with Crippen molar-refractivity contribution in [2.75, 3.05) is 18.5 Å². The molecule has 3 N–H and O–H groups in total. The third-order valence-corrected chi connectivity index (χ3v) is 4.90. The molecule has 9 heteroatoms. The normalized spacial score (nSPS) is 16.3. The molecule has 1 unspecified atom stereocenters. The lowest BCUT2D eigenvalue weighted by molar-refractivity contribution is 0.0858. The first kappa shape index (κ1) is 18.3. The van der Waals surface area contributed by atoms with Crippen molar-refractivity contribution in [3.05, 3.63) is 40.4 Å². The predicted octanol–water partition coefficient (Wildman–Crippen LogP) is 2.08. The van der Waals surface area contributed by atoms with E-state index in [-0.39, 0.29) is 18.0 Å². The van der Waals surface area contributed by atoms with Crippen molar-refractivity contribution in [2.45, 2.75) is 32.4 Å². The van der Waals surface area contributed by atoms with E-state index in [1.165, 1.54) is 11.5 Å². The second-order valence-corrected chi connectivity index (χ2v) is 6.85. The van der Waals surface area contributed by atoms with Crippen molar-refractivity contribution in [1.82, 2.24) is 20.2 Å². The van der Waals surface area contributed by atoms with Crippen LogP contribution < -0.4 is 16.0 Å². The van der Waals surface area contributed by atoms with Crippen molar-refractivity contribution in [2.24, 2.45) is 0 Å². The van der Waals surface area contributed by atoms with Gasteiger partial charge in [-0.15, -0.1) is 5.10 Å². The Morgan fingerprint density at radius 2 is 2.08 bits per heavy atom. The van der Waals surface area contributed by atoms with Gasteiger partial charge in [-0.05, 0) is 55.6 Å². The van der Waals surface area contributed by atoms with Crippen LogP contribution in [0.1, 0.15) is 33.8 Å². The second-order valence-electron chi connectivity index (χ2n) is 6.01. The third kappa shape index (κ3) is 4.99. The molecule has 3 amide bonds. The first-order chi connectivity index (χ1) is 12.6. The van der Waals surface area contributed by atoms with Crippen molar-refractivity contribution in [3.63, 3.8) is 0 Å². The average Bonchev–Trinajstić information content (AvgIpc) is 3.30. The molecule has 1 fully saturated rings. The minimum absolute atomic E-state index is 0.112. The van der Waals surface area contributed by atoms with Crippen LogP contribution in [0.5, 0.6) is 0 Å². The Bertz CT molecular complexity index is 756. The molecule has 1 atom stereocenters. The summed E-state index contributed by atoms with van der Waals surface area (Å²) in [5.74, 6) is -0.148. The minimum atomic E-state index is -0.326. The summed E-state index contributed by atoms with van der Waals surface area (Å²) in [6.45, 7) is 3.51. The summed E-state index contributed by atoms with van der Waals surface area (Å²) in [4.78, 5) is 25.0. The Labute approximate surface area is 155 Å². The summed E-state index contributed by atoms with van der Waals surface area (Å²) in [7, 11) is 0. The first-order valence-electron chi connectivity index (χ1n) is 8.44. The minimum Gasteiger partial charge on any atom is -0.376 e. The van der Waals surface area contributed by atoms with Crippen LogP contribution in [0.3, 0.4) is 0 Å². The van der Waals surface area contributed by atoms with Gasteiger partial charge in [-0.1, -0.05) is 4.49 Å². The van der Waals surface area contributed by atoms with E-state index in [4.69, 9.17) is 4.74 Å². The molecule has 0 spiro atoms. The van der Waals surface area contributed by atoms with E-state index < -0.39 is 0 Å². The largest absolute Gasteiger partial charge is 0.376 e. The number of aromatic nitrogens is 2. The summed E-state index contributed by atoms with van der Waals surface area (Å²) < 4.78 is 9.31. The second kappa shape index (κ2) is 8.72. The SMILES string of the molecule is Cc1nnsc1CNC(=O)Nc1ccc(C(=O)NCC2CCCO2)cc1. The summed E-state index contributed by atoms with van der Waals surface area (Å²) in [6.07, 6.45) is 2.14. The van der Waals surface area contributed by atoms with Crippen LogP contribution >= 0.6 is 11.5 Å². The van der Waals surface area contributed by atoms with Gasteiger partial charge in [-0.25, -0.2) is 4.79 Å². The van der Waals surface area contributed by atoms with Crippen molar-refractivity contribution >= 4 is 29.2 Å². The lowest BCUT2D eigenvalue weighted by Gasteiger charge is -2.11. The van der Waals surface area contributed by atoms with E-state index >= 15 is 0 Å². The van der Waals surface area contributed by atoms with Crippen molar-refractivity contribution in [1.29, 1.82) is 0 Å². The van der Waals surface area contributed by atoms with Gasteiger partial charge in [-0.2, -0.15) is 0 Å². The topological polar surface area (TPSA) is 105 Å². The number of nitrogens with zero attached hydrogens (tertiary/aromatic N) is 2. The van der Waals surface area contributed by atoms with E-state index in [0.29, 0.717) is 24.3 Å². The Morgan fingerprint density at radius 3 is 2.73 bits per heavy atom. The molecular weight excluding hydrogens is 354 g/mol. The van der Waals surface area contributed by atoms with E-state index in [0.717, 1.165) is 30.0 Å². The maximum atomic E-state index is 12.1. The molecule has 2 aromatic rings. The highest BCUT2D eigenvalue weighted by atomic mass is 32.1. The highest BCUT2D eigenvalue weighted by molar-refractivity contribution is 7.05. The zero-order chi connectivity index (χ0) is 18.4. The number of urea groups is 1. The number of benzene rings is 1. The number of nitrogens with one attached hydrogen (secondary N) is 3. The fraction of sp³-hybridized carbons (Fsp3) is 0.412. The monoisotopic (exact) mass is 375 g/mol. The van der Waals surface area contributed by atoms with Gasteiger partial charge < -0.3 is 20.7 Å². The number of ether oxygens (including phenoxy) is 1. The van der Waals surface area contributed by atoms with Gasteiger partial charge in [0.15, 0.2) is 0 Å². The van der Waals surface area contributed by atoms with E-state index in [1.54, 1.807) is 24.3 Å². The van der Waals surface area contributed by atoms with Gasteiger partial charge in [0.2, 0.25) is 0 Å². The maximum absolute atomic E-state index is 12.1. The maximum Gasteiger partial charge on any atom is 0.319 e. The number of amides is 3. The van der Waals surface area contributed by atoms with Crippen LogP contribution in [-0.4, -0.2) is 40.8 Å². The summed E-state index contributed by atoms with van der Waals surface area (Å²) in [6, 6.07) is 6.42. The van der Waals surface area contributed by atoms with Gasteiger partial charge in [0.1, 0.15) is 0 Å². The number of anilines is 1. The third-order valence-electron chi connectivity index (χ3n) is 4.07. The molecule has 8 nitrogen and oxygen atoms in total. The van der Waals surface area contributed by atoms with Crippen LogP contribution in [0.25, 0.3) is 0 Å². The molecule has 26 heavy (non-hydrogen) atoms. The van der Waals surface area contributed by atoms with Crippen LogP contribution in [0.4, 0.5) is 10.5 Å². The smallest absolute Gasteiger partial charge is 0.319 e. The molecule has 0 radical (unpaired) electrons. The number of rotatable bonds is 6. The molecule has 3 rings (SSSR count). The van der Waals surface area contributed by atoms with E-state index in [1.807, 2.05) is 6.92 Å². The quantitative estimate of drug-likeness (QED) is 0.717. The van der Waals surface area contributed by atoms with Crippen molar-refractivity contribution in [3.8, 4) is 0 Å². The lowest BCUT2D eigenvalue weighted by atomic mass is 10.2. The zero-order valence-corrected chi connectivity index (χ0v) is 15.3. The highest BCUT2D eigenvalue weighted by Gasteiger charge is 2.16. The molecule has 1 saturated heterocycles. The Morgan fingerprint density at radius 1 is 1.27 bits per heavy atom. The fourth-order valence-electron chi connectivity index (χ4n) is 2.57. The van der Waals surface area contributed by atoms with Crippen LogP contribution in [0, 0.1) is 6.92 Å². The highest BCUT2D eigenvalue weighted by Crippen LogP contribution is 2.13. The Kier molecular flexibility index (Phi) is 6.13. The van der Waals surface area contributed by atoms with Gasteiger partial charge in [0.25, 0.3) is 5.91 Å². The summed E-state index contributed by atoms with van der Waals surface area (Å²) in [5, 5.41) is 12.2. The molecule has 2 heterocycles. The molecule has 0 saturated carbocycles. The Hall–Kier alpha value is -2.52. The number of carbonyl (C=O) groups is 2. The number of carbonyl (C=O) groups excluding carboxylic acids is 2. The van der Waals surface area contributed by atoms with Crippen LogP contribution in [-0.2, 0) is 11.3 Å². The fourth-order valence-corrected chi connectivity index (χ4v) is 3.14. The van der Waals surface area contributed by atoms with Crippen molar-refractivity contribution < 1.29 is 14.3 Å². The van der Waals surface area contributed by atoms with Crippen LogP contribution in [0.15, 0.2) is 24.3 Å². The van der Waals surface area contributed by atoms with Gasteiger partial charge in [0.05, 0.1) is 23.2 Å². The molecule has 1 aromatic carbocycles. The summed E-state index contributed by atoms with van der Waals surface area (Å²) >= 11 is 1.26. The van der Waals surface area contributed by atoms with E-state index in [9.17, 15) is 9.59 Å².